The van der Waals surface area contributed by atoms with Gasteiger partial charge in [0.25, 0.3) is 5.56 Å². The van der Waals surface area contributed by atoms with Crippen LogP contribution in [0.4, 0.5) is 0 Å². The van der Waals surface area contributed by atoms with E-state index in [1.165, 1.54) is 21.8 Å². The number of carbonyl (C=O) groups is 1. The van der Waals surface area contributed by atoms with Gasteiger partial charge in [0.05, 0.1) is 5.69 Å². The van der Waals surface area contributed by atoms with E-state index in [2.05, 4.69) is 10.3 Å². The zero-order chi connectivity index (χ0) is 14.2. The van der Waals surface area contributed by atoms with Crippen LogP contribution in [0.5, 0.6) is 0 Å². The lowest BCUT2D eigenvalue weighted by atomic mass is 10.1. The molecule has 0 saturated carbocycles. The summed E-state index contributed by atoms with van der Waals surface area (Å²) in [7, 11) is 0. The SMILES string of the molecule is Cc1csc2nc(CNC(C)(C)C(=O)O)cc(=O)n12. The smallest absolute Gasteiger partial charge is 0.323 e. The Balaban J connectivity index is 2.28. The van der Waals surface area contributed by atoms with Crippen LogP contribution in [-0.2, 0) is 11.3 Å². The highest BCUT2D eigenvalue weighted by atomic mass is 32.1. The van der Waals surface area contributed by atoms with E-state index in [1.807, 2.05) is 12.3 Å². The Bertz CT molecular complexity index is 687. The van der Waals surface area contributed by atoms with Crippen molar-refractivity contribution in [2.45, 2.75) is 32.9 Å². The van der Waals surface area contributed by atoms with Crippen LogP contribution < -0.4 is 10.9 Å². The molecule has 0 aliphatic rings. The van der Waals surface area contributed by atoms with Gasteiger partial charge in [0.2, 0.25) is 0 Å². The molecule has 2 N–H and O–H groups in total. The molecule has 0 radical (unpaired) electrons. The van der Waals surface area contributed by atoms with Gasteiger partial charge < -0.3 is 5.11 Å². The molecule has 0 atom stereocenters. The van der Waals surface area contributed by atoms with Crippen LogP contribution >= 0.6 is 11.3 Å². The van der Waals surface area contributed by atoms with E-state index in [1.54, 1.807) is 13.8 Å². The number of thiazole rings is 1. The number of hydrogen-bond acceptors (Lipinski definition) is 5. The predicted molar refractivity (Wildman–Crippen MR) is 72.6 cm³/mol. The summed E-state index contributed by atoms with van der Waals surface area (Å²) in [5.74, 6) is -0.947. The van der Waals surface area contributed by atoms with E-state index in [9.17, 15) is 9.59 Å². The van der Waals surface area contributed by atoms with Gasteiger partial charge in [-0.05, 0) is 20.8 Å². The number of nitrogens with zero attached hydrogens (tertiary/aromatic N) is 2. The molecular weight excluding hydrogens is 266 g/mol. The first-order valence-corrected chi connectivity index (χ1v) is 6.64. The molecule has 2 heterocycles. The Morgan fingerprint density at radius 2 is 2.26 bits per heavy atom. The van der Waals surface area contributed by atoms with Crippen molar-refractivity contribution in [3.05, 3.63) is 33.2 Å². The van der Waals surface area contributed by atoms with Crippen molar-refractivity contribution in [3.63, 3.8) is 0 Å². The van der Waals surface area contributed by atoms with Gasteiger partial charge in [-0.1, -0.05) is 0 Å². The molecule has 2 aromatic heterocycles. The molecular formula is C12H15N3O3S. The summed E-state index contributed by atoms with van der Waals surface area (Å²) in [6.07, 6.45) is 0. The lowest BCUT2D eigenvalue weighted by Crippen LogP contribution is -2.46. The Morgan fingerprint density at radius 1 is 1.58 bits per heavy atom. The number of aliphatic carboxylic acids is 1. The molecule has 0 fully saturated rings. The quantitative estimate of drug-likeness (QED) is 0.874. The van der Waals surface area contributed by atoms with Crippen molar-refractivity contribution in [3.8, 4) is 0 Å². The Morgan fingerprint density at radius 3 is 2.89 bits per heavy atom. The second kappa shape index (κ2) is 4.75. The Kier molecular flexibility index (Phi) is 3.42. The fraction of sp³-hybridized carbons (Fsp3) is 0.417. The van der Waals surface area contributed by atoms with Crippen molar-refractivity contribution in [2.75, 3.05) is 0 Å². The number of fused-ring (bicyclic) bond motifs is 1. The highest BCUT2D eigenvalue weighted by Crippen LogP contribution is 2.12. The zero-order valence-electron chi connectivity index (χ0n) is 10.9. The van der Waals surface area contributed by atoms with Gasteiger partial charge in [-0.25, -0.2) is 4.98 Å². The van der Waals surface area contributed by atoms with E-state index in [4.69, 9.17) is 5.11 Å². The summed E-state index contributed by atoms with van der Waals surface area (Å²) in [4.78, 5) is 27.9. The van der Waals surface area contributed by atoms with E-state index in [0.717, 1.165) is 5.69 Å². The van der Waals surface area contributed by atoms with Crippen molar-refractivity contribution < 1.29 is 9.90 Å². The fourth-order valence-electron chi connectivity index (χ4n) is 1.58. The van der Waals surface area contributed by atoms with Crippen molar-refractivity contribution in [1.29, 1.82) is 0 Å². The first-order valence-electron chi connectivity index (χ1n) is 5.76. The second-order valence-electron chi connectivity index (χ2n) is 4.86. The average molecular weight is 281 g/mol. The highest BCUT2D eigenvalue weighted by molar-refractivity contribution is 7.15. The molecule has 2 rings (SSSR count). The van der Waals surface area contributed by atoms with Crippen LogP contribution in [0, 0.1) is 6.92 Å². The first kappa shape index (κ1) is 13.7. The fourth-order valence-corrected chi connectivity index (χ4v) is 2.47. The zero-order valence-corrected chi connectivity index (χ0v) is 11.7. The highest BCUT2D eigenvalue weighted by Gasteiger charge is 2.26. The van der Waals surface area contributed by atoms with Gasteiger partial charge in [0.15, 0.2) is 4.96 Å². The molecule has 7 heteroatoms. The number of hydrogen-bond donors (Lipinski definition) is 2. The minimum absolute atomic E-state index is 0.145. The van der Waals surface area contributed by atoms with E-state index >= 15 is 0 Å². The predicted octanol–water partition coefficient (Wildman–Crippen LogP) is 1.02. The molecule has 2 aromatic rings. The maximum Gasteiger partial charge on any atom is 0.323 e. The molecule has 0 aliphatic heterocycles. The van der Waals surface area contributed by atoms with Crippen LogP contribution in [0.1, 0.15) is 25.2 Å². The van der Waals surface area contributed by atoms with Crippen molar-refractivity contribution >= 4 is 22.3 Å². The molecule has 0 amide bonds. The summed E-state index contributed by atoms with van der Waals surface area (Å²) in [5, 5.41) is 13.7. The summed E-state index contributed by atoms with van der Waals surface area (Å²) >= 11 is 1.39. The molecule has 0 unspecified atom stereocenters. The number of carboxylic acid groups (broad SMARTS) is 1. The monoisotopic (exact) mass is 281 g/mol. The number of carboxylic acids is 1. The maximum atomic E-state index is 11.9. The van der Waals surface area contributed by atoms with Gasteiger partial charge in [-0.15, -0.1) is 11.3 Å². The van der Waals surface area contributed by atoms with Crippen LogP contribution in [0.3, 0.4) is 0 Å². The van der Waals surface area contributed by atoms with Crippen LogP contribution in [0.15, 0.2) is 16.2 Å². The largest absolute Gasteiger partial charge is 0.480 e. The number of rotatable bonds is 4. The summed E-state index contributed by atoms with van der Waals surface area (Å²) in [6.45, 7) is 5.21. The molecule has 0 bridgehead atoms. The van der Waals surface area contributed by atoms with E-state index in [-0.39, 0.29) is 12.1 Å². The van der Waals surface area contributed by atoms with Crippen molar-refractivity contribution in [1.82, 2.24) is 14.7 Å². The normalized spacial score (nSPS) is 11.9. The Hall–Kier alpha value is -1.73. The topological polar surface area (TPSA) is 83.7 Å². The summed E-state index contributed by atoms with van der Waals surface area (Å²) in [6, 6.07) is 1.43. The van der Waals surface area contributed by atoms with Crippen LogP contribution in [0.2, 0.25) is 0 Å². The maximum absolute atomic E-state index is 11.9. The third-order valence-corrected chi connectivity index (χ3v) is 3.82. The van der Waals surface area contributed by atoms with Gasteiger partial charge in [0, 0.05) is 23.7 Å². The molecule has 19 heavy (non-hydrogen) atoms. The van der Waals surface area contributed by atoms with Crippen LogP contribution in [0.25, 0.3) is 4.96 Å². The number of aromatic nitrogens is 2. The molecule has 0 aliphatic carbocycles. The molecule has 6 nitrogen and oxygen atoms in total. The third-order valence-electron chi connectivity index (χ3n) is 2.87. The minimum Gasteiger partial charge on any atom is -0.480 e. The lowest BCUT2D eigenvalue weighted by Gasteiger charge is -2.20. The first-order chi connectivity index (χ1) is 8.81. The van der Waals surface area contributed by atoms with Gasteiger partial charge in [-0.2, -0.15) is 0 Å². The lowest BCUT2D eigenvalue weighted by molar-refractivity contribution is -0.143. The number of nitrogens with one attached hydrogen (secondary N) is 1. The number of aryl methyl sites for hydroxylation is 1. The Labute approximate surface area is 113 Å². The molecule has 102 valence electrons. The van der Waals surface area contributed by atoms with Gasteiger partial charge in [0.1, 0.15) is 5.54 Å². The van der Waals surface area contributed by atoms with E-state index < -0.39 is 11.5 Å². The summed E-state index contributed by atoms with van der Waals surface area (Å²) < 4.78 is 1.54. The van der Waals surface area contributed by atoms with Gasteiger partial charge >= 0.3 is 5.97 Å². The molecule has 0 saturated heterocycles. The standard InChI is InChI=1S/C12H15N3O3S/c1-7-6-19-11-14-8(4-9(16)15(7)11)5-13-12(2,3)10(17)18/h4,6,13H,5H2,1-3H3,(H,17,18). The van der Waals surface area contributed by atoms with Gasteiger partial charge in [-0.3, -0.25) is 19.3 Å². The molecule has 0 aromatic carbocycles. The van der Waals surface area contributed by atoms with E-state index in [0.29, 0.717) is 10.7 Å². The summed E-state index contributed by atoms with van der Waals surface area (Å²) in [5.41, 5.74) is 0.191. The molecule has 0 spiro atoms. The van der Waals surface area contributed by atoms with Crippen molar-refractivity contribution in [2.24, 2.45) is 0 Å². The average Bonchev–Trinajstić information content (AvgIpc) is 2.69. The second-order valence-corrected chi connectivity index (χ2v) is 5.70. The third kappa shape index (κ3) is 2.66. The minimum atomic E-state index is -1.06. The van der Waals surface area contributed by atoms with Crippen LogP contribution in [-0.4, -0.2) is 26.0 Å².